The van der Waals surface area contributed by atoms with Gasteiger partial charge in [-0.05, 0) is 75.7 Å². The molecule has 0 aliphatic carbocycles. The van der Waals surface area contributed by atoms with E-state index in [1.807, 2.05) is 20.8 Å². The van der Waals surface area contributed by atoms with Crippen LogP contribution in [0.4, 0.5) is 10.1 Å². The lowest BCUT2D eigenvalue weighted by atomic mass is 10.1. The average molecular weight is 560 g/mol. The maximum absolute atomic E-state index is 13.8. The third kappa shape index (κ3) is 7.55. The minimum Gasteiger partial charge on any atom is -0.350 e. The van der Waals surface area contributed by atoms with Crippen LogP contribution in [-0.2, 0) is 26.2 Å². The SMILES string of the molecule is C[C@H](C(=O)NC(C)(C)C)N(Cc1ccc(F)cc1)C(=O)CN(c1cccc(Cl)c1)S(=O)(=O)c1ccccc1. The summed E-state index contributed by atoms with van der Waals surface area (Å²) in [6.45, 7) is 6.39. The van der Waals surface area contributed by atoms with E-state index < -0.39 is 45.8 Å². The fraction of sp³-hybridized carbons (Fsp3) is 0.286. The Morgan fingerprint density at radius 2 is 1.61 bits per heavy atom. The Morgan fingerprint density at radius 3 is 2.18 bits per heavy atom. The van der Waals surface area contributed by atoms with Crippen LogP contribution >= 0.6 is 11.6 Å². The highest BCUT2D eigenvalue weighted by Gasteiger charge is 2.33. The van der Waals surface area contributed by atoms with E-state index in [1.54, 1.807) is 43.3 Å². The normalized spacial score (nSPS) is 12.5. The van der Waals surface area contributed by atoms with Crippen molar-refractivity contribution in [3.63, 3.8) is 0 Å². The fourth-order valence-corrected chi connectivity index (χ4v) is 5.33. The number of sulfonamides is 1. The molecule has 0 saturated heterocycles. The van der Waals surface area contributed by atoms with Crippen molar-refractivity contribution in [3.8, 4) is 0 Å². The molecule has 202 valence electrons. The van der Waals surface area contributed by atoms with Crippen molar-refractivity contribution in [1.29, 1.82) is 0 Å². The second-order valence-electron chi connectivity index (χ2n) is 9.87. The number of benzene rings is 3. The molecule has 2 amide bonds. The van der Waals surface area contributed by atoms with Gasteiger partial charge in [-0.3, -0.25) is 13.9 Å². The van der Waals surface area contributed by atoms with Crippen molar-refractivity contribution in [2.75, 3.05) is 10.8 Å². The molecule has 1 N–H and O–H groups in total. The van der Waals surface area contributed by atoms with Crippen LogP contribution in [-0.4, -0.2) is 43.3 Å². The highest BCUT2D eigenvalue weighted by Crippen LogP contribution is 2.27. The second-order valence-corrected chi connectivity index (χ2v) is 12.2. The molecule has 10 heteroatoms. The highest BCUT2D eigenvalue weighted by molar-refractivity contribution is 7.92. The first-order chi connectivity index (χ1) is 17.8. The first kappa shape index (κ1) is 29.1. The quantitative estimate of drug-likeness (QED) is 0.399. The van der Waals surface area contributed by atoms with Gasteiger partial charge in [0.2, 0.25) is 11.8 Å². The summed E-state index contributed by atoms with van der Waals surface area (Å²) < 4.78 is 41.8. The highest BCUT2D eigenvalue weighted by atomic mass is 35.5. The molecule has 3 aromatic rings. The topological polar surface area (TPSA) is 86.8 Å². The van der Waals surface area contributed by atoms with Gasteiger partial charge in [0.25, 0.3) is 10.0 Å². The molecule has 0 aromatic heterocycles. The lowest BCUT2D eigenvalue weighted by molar-refractivity contribution is -0.140. The van der Waals surface area contributed by atoms with E-state index in [0.717, 1.165) is 4.31 Å². The van der Waals surface area contributed by atoms with E-state index in [-0.39, 0.29) is 17.1 Å². The van der Waals surface area contributed by atoms with Crippen molar-refractivity contribution >= 4 is 39.1 Å². The third-order valence-electron chi connectivity index (χ3n) is 5.64. The summed E-state index contributed by atoms with van der Waals surface area (Å²) in [5.74, 6) is -1.47. The van der Waals surface area contributed by atoms with Gasteiger partial charge in [-0.1, -0.05) is 48.0 Å². The average Bonchev–Trinajstić information content (AvgIpc) is 2.85. The van der Waals surface area contributed by atoms with Crippen LogP contribution in [0, 0.1) is 5.82 Å². The minimum atomic E-state index is -4.18. The van der Waals surface area contributed by atoms with Gasteiger partial charge in [-0.25, -0.2) is 12.8 Å². The number of hydrogen-bond donors (Lipinski definition) is 1. The van der Waals surface area contributed by atoms with Crippen molar-refractivity contribution < 1.29 is 22.4 Å². The van der Waals surface area contributed by atoms with Gasteiger partial charge in [0.15, 0.2) is 0 Å². The Morgan fingerprint density at radius 1 is 0.974 bits per heavy atom. The maximum atomic E-state index is 13.8. The molecule has 7 nitrogen and oxygen atoms in total. The summed E-state index contributed by atoms with van der Waals surface area (Å²) in [7, 11) is -4.18. The van der Waals surface area contributed by atoms with Crippen LogP contribution in [0.5, 0.6) is 0 Å². The Bertz CT molecular complexity index is 1380. The van der Waals surface area contributed by atoms with Crippen LogP contribution in [0.25, 0.3) is 0 Å². The van der Waals surface area contributed by atoms with Crippen LogP contribution in [0.15, 0.2) is 83.8 Å². The van der Waals surface area contributed by atoms with Crippen molar-refractivity contribution in [3.05, 3.63) is 95.3 Å². The molecule has 0 spiro atoms. The molecular formula is C28H31ClFN3O4S. The summed E-state index contributed by atoms with van der Waals surface area (Å²) in [5.41, 5.74) is 0.220. The van der Waals surface area contributed by atoms with E-state index in [0.29, 0.717) is 10.6 Å². The summed E-state index contributed by atoms with van der Waals surface area (Å²) in [4.78, 5) is 28.1. The van der Waals surface area contributed by atoms with Crippen molar-refractivity contribution in [2.24, 2.45) is 0 Å². The predicted octanol–water partition coefficient (Wildman–Crippen LogP) is 5.01. The molecule has 0 radical (unpaired) electrons. The molecule has 0 aliphatic heterocycles. The Kier molecular flexibility index (Phi) is 9.17. The smallest absolute Gasteiger partial charge is 0.264 e. The Balaban J connectivity index is 2.02. The number of halogens is 2. The maximum Gasteiger partial charge on any atom is 0.264 e. The van der Waals surface area contributed by atoms with Gasteiger partial charge in [-0.15, -0.1) is 0 Å². The van der Waals surface area contributed by atoms with Crippen LogP contribution in [0.1, 0.15) is 33.3 Å². The second kappa shape index (κ2) is 12.0. The minimum absolute atomic E-state index is 0.00335. The molecule has 0 unspecified atom stereocenters. The molecule has 0 bridgehead atoms. The van der Waals surface area contributed by atoms with Crippen molar-refractivity contribution in [1.82, 2.24) is 10.2 Å². The van der Waals surface area contributed by atoms with E-state index in [1.165, 1.54) is 47.4 Å². The number of anilines is 1. The van der Waals surface area contributed by atoms with E-state index >= 15 is 0 Å². The third-order valence-corrected chi connectivity index (χ3v) is 7.66. The van der Waals surface area contributed by atoms with Crippen LogP contribution in [0.3, 0.4) is 0 Å². The molecule has 0 saturated carbocycles. The predicted molar refractivity (Wildman–Crippen MR) is 147 cm³/mol. The summed E-state index contributed by atoms with van der Waals surface area (Å²) in [5, 5.41) is 3.15. The number of nitrogens with zero attached hydrogens (tertiary/aromatic N) is 2. The van der Waals surface area contributed by atoms with Gasteiger partial charge >= 0.3 is 0 Å². The molecule has 0 fully saturated rings. The Hall–Kier alpha value is -3.43. The molecular weight excluding hydrogens is 529 g/mol. The summed E-state index contributed by atoms with van der Waals surface area (Å²) in [6, 6.07) is 18.5. The number of rotatable bonds is 9. The molecule has 0 heterocycles. The standard InChI is InChI=1S/C28H31ClFN3O4S/c1-20(27(35)31-28(2,3)4)32(18-21-13-15-23(30)16-14-21)26(34)19-33(24-10-8-9-22(29)17-24)38(36,37)25-11-6-5-7-12-25/h5-17,20H,18-19H2,1-4H3,(H,31,35)/t20-/m1/s1. The van der Waals surface area contributed by atoms with E-state index in [2.05, 4.69) is 5.32 Å². The summed E-state index contributed by atoms with van der Waals surface area (Å²) in [6.07, 6.45) is 0. The number of hydrogen-bond acceptors (Lipinski definition) is 4. The lowest BCUT2D eigenvalue weighted by Crippen LogP contribution is -2.54. The first-order valence-corrected chi connectivity index (χ1v) is 13.8. The molecule has 1 atom stereocenters. The van der Waals surface area contributed by atoms with Gasteiger partial charge in [0.1, 0.15) is 18.4 Å². The van der Waals surface area contributed by atoms with Gasteiger partial charge in [-0.2, -0.15) is 0 Å². The van der Waals surface area contributed by atoms with Gasteiger partial charge in [0.05, 0.1) is 10.6 Å². The molecule has 3 aromatic carbocycles. The lowest BCUT2D eigenvalue weighted by Gasteiger charge is -2.33. The zero-order chi connectivity index (χ0) is 28.1. The molecule has 3 rings (SSSR count). The van der Waals surface area contributed by atoms with E-state index in [4.69, 9.17) is 11.6 Å². The zero-order valence-electron chi connectivity index (χ0n) is 21.7. The number of amides is 2. The first-order valence-electron chi connectivity index (χ1n) is 12.0. The molecule has 0 aliphatic rings. The zero-order valence-corrected chi connectivity index (χ0v) is 23.3. The van der Waals surface area contributed by atoms with Crippen LogP contribution in [0.2, 0.25) is 5.02 Å². The molecule has 38 heavy (non-hydrogen) atoms. The largest absolute Gasteiger partial charge is 0.350 e. The van der Waals surface area contributed by atoms with Crippen molar-refractivity contribution in [2.45, 2.75) is 50.7 Å². The number of carbonyl (C=O) groups is 2. The number of carbonyl (C=O) groups excluding carboxylic acids is 2. The van der Waals surface area contributed by atoms with Crippen LogP contribution < -0.4 is 9.62 Å². The number of nitrogens with one attached hydrogen (secondary N) is 1. The monoisotopic (exact) mass is 559 g/mol. The Labute approximate surface area is 228 Å². The van der Waals surface area contributed by atoms with Gasteiger partial charge < -0.3 is 10.2 Å². The summed E-state index contributed by atoms with van der Waals surface area (Å²) >= 11 is 6.16. The van der Waals surface area contributed by atoms with E-state index in [9.17, 15) is 22.4 Å². The fourth-order valence-electron chi connectivity index (χ4n) is 3.72. The van der Waals surface area contributed by atoms with Gasteiger partial charge in [0, 0.05) is 17.1 Å².